The monoisotopic (exact) mass is 421 g/mol. The molecule has 0 radical (unpaired) electrons. The Bertz CT molecular complexity index is 953. The van der Waals surface area contributed by atoms with Gasteiger partial charge in [-0.3, -0.25) is 15.0 Å². The molecule has 0 unspecified atom stereocenters. The Hall–Kier alpha value is -3.19. The zero-order chi connectivity index (χ0) is 21.8. The van der Waals surface area contributed by atoms with Gasteiger partial charge in [0.1, 0.15) is 11.6 Å². The summed E-state index contributed by atoms with van der Waals surface area (Å²) in [5, 5.41) is 5.60. The second-order valence-electron chi connectivity index (χ2n) is 8.49. The van der Waals surface area contributed by atoms with E-state index in [9.17, 15) is 14.4 Å². The molecule has 2 fully saturated rings. The van der Waals surface area contributed by atoms with Gasteiger partial charge in [-0.2, -0.15) is 5.01 Å². The molecule has 1 aliphatic heterocycles. The van der Waals surface area contributed by atoms with Gasteiger partial charge in [0.05, 0.1) is 0 Å². The fourth-order valence-corrected chi connectivity index (χ4v) is 4.51. The van der Waals surface area contributed by atoms with Crippen molar-refractivity contribution in [3.63, 3.8) is 0 Å². The van der Waals surface area contributed by atoms with E-state index in [1.54, 1.807) is 0 Å². The number of quaternary nitrogens is 1. The largest absolute Gasteiger partial charge is 0.344 e. The maximum atomic E-state index is 12.9. The third kappa shape index (κ3) is 4.46. The van der Waals surface area contributed by atoms with Crippen LogP contribution in [0.1, 0.15) is 54.8 Å². The van der Waals surface area contributed by atoms with Gasteiger partial charge in [0.15, 0.2) is 6.54 Å². The number of hydrogen-bond acceptors (Lipinski definition) is 3. The molecule has 162 valence electrons. The summed E-state index contributed by atoms with van der Waals surface area (Å²) < 4.78 is 0. The molecular weight excluding hydrogens is 392 g/mol. The third-order valence-electron chi connectivity index (χ3n) is 6.24. The molecule has 1 aliphatic carbocycles. The average Bonchev–Trinajstić information content (AvgIpc) is 3.00. The number of carbonyl (C=O) groups excluding carboxylic acids is 3. The van der Waals surface area contributed by atoms with E-state index < -0.39 is 11.6 Å². The number of urea groups is 1. The van der Waals surface area contributed by atoms with Crippen molar-refractivity contribution >= 4 is 17.8 Å². The lowest BCUT2D eigenvalue weighted by Gasteiger charge is -2.30. The van der Waals surface area contributed by atoms with E-state index in [1.165, 1.54) is 5.56 Å². The number of imide groups is 1. The van der Waals surface area contributed by atoms with E-state index in [4.69, 9.17) is 0 Å². The van der Waals surface area contributed by atoms with Crippen molar-refractivity contribution in [3.8, 4) is 0 Å². The van der Waals surface area contributed by atoms with Crippen LogP contribution in [0.2, 0.25) is 0 Å². The Morgan fingerprint density at radius 1 is 1.03 bits per heavy atom. The highest BCUT2D eigenvalue weighted by Gasteiger charge is 2.52. The van der Waals surface area contributed by atoms with E-state index in [0.29, 0.717) is 12.8 Å². The molecule has 7 heteroatoms. The molecule has 1 heterocycles. The van der Waals surface area contributed by atoms with Gasteiger partial charge < -0.3 is 10.6 Å². The first-order chi connectivity index (χ1) is 15.0. The van der Waals surface area contributed by atoms with Crippen molar-refractivity contribution in [1.82, 2.24) is 15.8 Å². The Morgan fingerprint density at radius 3 is 2.35 bits per heavy atom. The number of nitrogens with one attached hydrogen (secondary N) is 2. The summed E-state index contributed by atoms with van der Waals surface area (Å²) >= 11 is 0. The fraction of sp³-hybridized carbons (Fsp3) is 0.375. The summed E-state index contributed by atoms with van der Waals surface area (Å²) in [6.45, 7) is 2.12. The van der Waals surface area contributed by atoms with Crippen LogP contribution in [0.4, 0.5) is 4.79 Å². The summed E-state index contributed by atoms with van der Waals surface area (Å²) in [5.41, 5.74) is 5.01. The van der Waals surface area contributed by atoms with Gasteiger partial charge in [0.25, 0.3) is 11.8 Å². The van der Waals surface area contributed by atoms with Crippen LogP contribution in [-0.4, -0.2) is 34.9 Å². The molecule has 2 aliphatic rings. The number of benzene rings is 2. The van der Waals surface area contributed by atoms with Crippen LogP contribution in [0.3, 0.4) is 0 Å². The van der Waals surface area contributed by atoms with Crippen molar-refractivity contribution in [2.24, 2.45) is 0 Å². The highest BCUT2D eigenvalue weighted by Crippen LogP contribution is 2.32. The first kappa shape index (κ1) is 21.1. The third-order valence-corrected chi connectivity index (χ3v) is 6.24. The topological polar surface area (TPSA) is 95.1 Å². The number of hydrazine groups is 1. The molecule has 1 atom stereocenters. The molecule has 2 aromatic rings. The molecule has 4 amide bonds. The van der Waals surface area contributed by atoms with Gasteiger partial charge in [-0.25, -0.2) is 4.79 Å². The number of carbonyl (C=O) groups is 3. The molecule has 1 saturated carbocycles. The Balaban J connectivity index is 1.43. The Morgan fingerprint density at radius 2 is 1.68 bits per heavy atom. The van der Waals surface area contributed by atoms with Crippen LogP contribution < -0.4 is 16.1 Å². The highest BCUT2D eigenvalue weighted by molar-refractivity contribution is 6.08. The van der Waals surface area contributed by atoms with Crippen LogP contribution in [0.15, 0.2) is 54.6 Å². The van der Waals surface area contributed by atoms with E-state index in [2.05, 4.69) is 35.0 Å². The Kier molecular flexibility index (Phi) is 6.04. The highest BCUT2D eigenvalue weighted by atomic mass is 16.2. The summed E-state index contributed by atoms with van der Waals surface area (Å²) in [4.78, 5) is 37.9. The van der Waals surface area contributed by atoms with Gasteiger partial charge in [-0.15, -0.1) is 0 Å². The summed E-state index contributed by atoms with van der Waals surface area (Å²) in [7, 11) is 0. The molecule has 31 heavy (non-hydrogen) atoms. The summed E-state index contributed by atoms with van der Waals surface area (Å²) in [6, 6.07) is 17.6. The lowest BCUT2D eigenvalue weighted by molar-refractivity contribution is -0.676. The van der Waals surface area contributed by atoms with Gasteiger partial charge in [-0.1, -0.05) is 79.4 Å². The number of nitrogens with zero attached hydrogens (tertiary/aromatic N) is 1. The second kappa shape index (κ2) is 8.89. The Labute approximate surface area is 182 Å². The number of rotatable bonds is 6. The zero-order valence-electron chi connectivity index (χ0n) is 17.8. The van der Waals surface area contributed by atoms with Gasteiger partial charge in [0, 0.05) is 11.1 Å². The van der Waals surface area contributed by atoms with Gasteiger partial charge in [-0.05, 0) is 19.8 Å². The number of hydrogen-bond donors (Lipinski definition) is 3. The van der Waals surface area contributed by atoms with Gasteiger partial charge in [0.2, 0.25) is 0 Å². The van der Waals surface area contributed by atoms with Crippen molar-refractivity contribution in [2.75, 3.05) is 6.54 Å². The van der Waals surface area contributed by atoms with Crippen LogP contribution in [0.5, 0.6) is 0 Å². The summed E-state index contributed by atoms with van der Waals surface area (Å²) in [5.74, 6) is -0.729. The predicted molar refractivity (Wildman–Crippen MR) is 116 cm³/mol. The molecular formula is C24H29N4O3+. The van der Waals surface area contributed by atoms with Crippen LogP contribution in [0.25, 0.3) is 0 Å². The maximum Gasteiger partial charge on any atom is 0.344 e. The molecule has 0 aromatic heterocycles. The molecule has 4 N–H and O–H groups in total. The quantitative estimate of drug-likeness (QED) is 0.622. The second-order valence-corrected chi connectivity index (χ2v) is 8.49. The first-order valence-corrected chi connectivity index (χ1v) is 10.9. The average molecular weight is 422 g/mol. The molecule has 4 rings (SSSR count). The lowest BCUT2D eigenvalue weighted by atomic mass is 9.82. The van der Waals surface area contributed by atoms with Crippen LogP contribution >= 0.6 is 0 Å². The predicted octanol–water partition coefficient (Wildman–Crippen LogP) is 1.93. The molecule has 7 nitrogen and oxygen atoms in total. The molecule has 1 spiro atoms. The minimum Gasteiger partial charge on any atom is -0.328 e. The van der Waals surface area contributed by atoms with Crippen molar-refractivity contribution in [2.45, 2.75) is 50.6 Å². The minimum absolute atomic E-state index is 0.0691. The van der Waals surface area contributed by atoms with Crippen molar-refractivity contribution in [3.05, 3.63) is 71.3 Å². The minimum atomic E-state index is -0.846. The molecule has 2 aromatic carbocycles. The molecule has 0 bridgehead atoms. The van der Waals surface area contributed by atoms with E-state index >= 15 is 0 Å². The van der Waals surface area contributed by atoms with E-state index in [1.807, 2.05) is 42.6 Å². The van der Waals surface area contributed by atoms with E-state index in [0.717, 1.165) is 35.4 Å². The van der Waals surface area contributed by atoms with Crippen LogP contribution in [0, 0.1) is 6.92 Å². The smallest absolute Gasteiger partial charge is 0.328 e. The molecule has 1 saturated heterocycles. The number of aryl methyl sites for hydroxylation is 1. The van der Waals surface area contributed by atoms with Crippen molar-refractivity contribution in [1.29, 1.82) is 0 Å². The van der Waals surface area contributed by atoms with Gasteiger partial charge >= 0.3 is 6.03 Å². The fourth-order valence-electron chi connectivity index (χ4n) is 4.51. The normalized spacial score (nSPS) is 18.7. The van der Waals surface area contributed by atoms with Crippen molar-refractivity contribution < 1.29 is 19.7 Å². The maximum absolute atomic E-state index is 12.9. The van der Waals surface area contributed by atoms with Crippen LogP contribution in [-0.2, 0) is 9.59 Å². The number of nitrogens with two attached hydrogens (primary N) is 1. The zero-order valence-corrected chi connectivity index (χ0v) is 17.8. The SMILES string of the molecule is Cc1ccc([C@H]([NH2+]CC(=O)NN2C(=O)NC3(CCCCC3)C2=O)c2ccccc2)cc1. The standard InChI is InChI=1S/C24H28N4O3/c1-17-10-12-19(13-11-17)21(18-8-4-2-5-9-18)25-16-20(29)27-28-22(30)24(26-23(28)31)14-6-3-7-15-24/h2,4-5,8-13,21,25H,3,6-7,14-16H2,1H3,(H,26,31)(H,27,29)/p+1/t21-/m1/s1. The lowest BCUT2D eigenvalue weighted by Crippen LogP contribution is -2.88. The summed E-state index contributed by atoms with van der Waals surface area (Å²) in [6.07, 6.45) is 4.11. The van der Waals surface area contributed by atoms with E-state index in [-0.39, 0.29) is 24.4 Å². The first-order valence-electron chi connectivity index (χ1n) is 10.9. The number of amides is 4.